The van der Waals surface area contributed by atoms with Crippen LogP contribution in [0.4, 0.5) is 0 Å². The molecule has 1 aromatic rings. The van der Waals surface area contributed by atoms with Crippen molar-refractivity contribution in [2.75, 3.05) is 6.61 Å². The highest BCUT2D eigenvalue weighted by Crippen LogP contribution is 2.08. The van der Waals surface area contributed by atoms with E-state index in [9.17, 15) is 5.11 Å². The molecule has 1 aromatic carbocycles. The number of aliphatic hydroxyl groups is 2. The molecular weight excluding hydrogens is 164 g/mol. The lowest BCUT2D eigenvalue weighted by molar-refractivity contribution is 0.312. The van der Waals surface area contributed by atoms with Crippen LogP contribution in [0, 0.1) is 0 Å². The van der Waals surface area contributed by atoms with Crippen LogP contribution in [-0.4, -0.2) is 16.8 Å². The summed E-state index contributed by atoms with van der Waals surface area (Å²) in [4.78, 5) is 0. The fourth-order valence-electron chi connectivity index (χ4n) is 1.03. The molecule has 2 nitrogen and oxygen atoms in total. The number of benzene rings is 1. The van der Waals surface area contributed by atoms with Gasteiger partial charge in [-0.2, -0.15) is 0 Å². The predicted molar refractivity (Wildman–Crippen MR) is 52.6 cm³/mol. The van der Waals surface area contributed by atoms with E-state index in [4.69, 9.17) is 5.11 Å². The highest BCUT2D eigenvalue weighted by Gasteiger charge is 2.00. The maximum absolute atomic E-state index is 9.49. The molecule has 13 heavy (non-hydrogen) atoms. The molecule has 2 heteroatoms. The smallest absolute Gasteiger partial charge is 0.0978 e. The van der Waals surface area contributed by atoms with Crippen LogP contribution in [0.3, 0.4) is 0 Å². The Hall–Kier alpha value is -1.28. The van der Waals surface area contributed by atoms with Gasteiger partial charge in [-0.1, -0.05) is 30.3 Å². The summed E-state index contributed by atoms with van der Waals surface area (Å²) in [7, 11) is 0. The molecule has 2 N–H and O–H groups in total. The number of allylic oxidation sites excluding steroid dienone is 1. The highest BCUT2D eigenvalue weighted by atomic mass is 16.3. The summed E-state index contributed by atoms with van der Waals surface area (Å²) in [6.45, 7) is 1.64. The van der Waals surface area contributed by atoms with Gasteiger partial charge in [-0.05, 0) is 18.1 Å². The number of hydrogen-bond acceptors (Lipinski definition) is 2. The van der Waals surface area contributed by atoms with Crippen LogP contribution in [0.5, 0.6) is 0 Å². The first-order chi connectivity index (χ1) is 6.24. The quantitative estimate of drug-likeness (QED) is 0.695. The number of hydrogen-bond donors (Lipinski definition) is 2. The molecule has 0 fully saturated rings. The monoisotopic (exact) mass is 178 g/mol. The fourth-order valence-corrected chi connectivity index (χ4v) is 1.03. The van der Waals surface area contributed by atoms with Crippen LogP contribution in [0.2, 0.25) is 0 Å². The van der Waals surface area contributed by atoms with E-state index in [2.05, 4.69) is 0 Å². The standard InChI is InChI=1S/C11H14O2/c1-9(8-12)11(13)7-10-5-3-2-4-6-10/h2-6,12-13H,7-8H2,1H3/b11-9-. The zero-order chi connectivity index (χ0) is 9.68. The average molecular weight is 178 g/mol. The molecule has 0 aliphatic heterocycles. The summed E-state index contributed by atoms with van der Waals surface area (Å²) < 4.78 is 0. The van der Waals surface area contributed by atoms with Gasteiger partial charge < -0.3 is 10.2 Å². The topological polar surface area (TPSA) is 40.5 Å². The van der Waals surface area contributed by atoms with Crippen molar-refractivity contribution in [3.63, 3.8) is 0 Å². The fraction of sp³-hybridized carbons (Fsp3) is 0.273. The van der Waals surface area contributed by atoms with E-state index in [1.165, 1.54) is 0 Å². The van der Waals surface area contributed by atoms with E-state index in [1.54, 1.807) is 6.92 Å². The second kappa shape index (κ2) is 4.67. The second-order valence-corrected chi connectivity index (χ2v) is 3.05. The van der Waals surface area contributed by atoms with Crippen molar-refractivity contribution in [2.45, 2.75) is 13.3 Å². The molecule has 0 saturated heterocycles. The van der Waals surface area contributed by atoms with Crippen LogP contribution in [-0.2, 0) is 6.42 Å². The molecule has 0 spiro atoms. The minimum Gasteiger partial charge on any atom is -0.512 e. The van der Waals surface area contributed by atoms with Crippen LogP contribution in [0.15, 0.2) is 41.7 Å². The van der Waals surface area contributed by atoms with Gasteiger partial charge in [0.15, 0.2) is 0 Å². The second-order valence-electron chi connectivity index (χ2n) is 3.05. The van der Waals surface area contributed by atoms with Crippen molar-refractivity contribution in [3.05, 3.63) is 47.2 Å². The summed E-state index contributed by atoms with van der Waals surface area (Å²) in [5.74, 6) is 0.258. The molecule has 70 valence electrons. The Bertz CT molecular complexity index is 288. The Morgan fingerprint density at radius 1 is 1.23 bits per heavy atom. The van der Waals surface area contributed by atoms with Gasteiger partial charge in [0, 0.05) is 6.42 Å². The van der Waals surface area contributed by atoms with E-state index in [0.717, 1.165) is 5.56 Å². The Labute approximate surface area is 78.2 Å². The first-order valence-electron chi connectivity index (χ1n) is 4.26. The van der Waals surface area contributed by atoms with Crippen LogP contribution >= 0.6 is 0 Å². The van der Waals surface area contributed by atoms with Crippen molar-refractivity contribution in [1.29, 1.82) is 0 Å². The van der Waals surface area contributed by atoms with Crippen molar-refractivity contribution in [3.8, 4) is 0 Å². The minimum absolute atomic E-state index is 0.0847. The molecule has 0 heterocycles. The highest BCUT2D eigenvalue weighted by molar-refractivity contribution is 5.21. The van der Waals surface area contributed by atoms with Gasteiger partial charge in [0.2, 0.25) is 0 Å². The molecule has 0 amide bonds. The van der Waals surface area contributed by atoms with Gasteiger partial charge >= 0.3 is 0 Å². The van der Waals surface area contributed by atoms with Gasteiger partial charge in [0.25, 0.3) is 0 Å². The van der Waals surface area contributed by atoms with Gasteiger partial charge in [0.05, 0.1) is 12.4 Å². The van der Waals surface area contributed by atoms with Gasteiger partial charge in [0.1, 0.15) is 0 Å². The molecule has 0 aliphatic rings. The Kier molecular flexibility index (Phi) is 3.53. The van der Waals surface area contributed by atoms with E-state index in [0.29, 0.717) is 12.0 Å². The summed E-state index contributed by atoms with van der Waals surface area (Å²) in [6.07, 6.45) is 0.493. The first-order valence-corrected chi connectivity index (χ1v) is 4.26. The van der Waals surface area contributed by atoms with E-state index in [1.807, 2.05) is 30.3 Å². The third-order valence-electron chi connectivity index (χ3n) is 1.94. The average Bonchev–Trinajstić information content (AvgIpc) is 2.18. The van der Waals surface area contributed by atoms with Gasteiger partial charge in [-0.25, -0.2) is 0 Å². The lowest BCUT2D eigenvalue weighted by Crippen LogP contribution is -1.96. The Morgan fingerprint density at radius 2 is 1.85 bits per heavy atom. The largest absolute Gasteiger partial charge is 0.512 e. The molecule has 0 unspecified atom stereocenters. The van der Waals surface area contributed by atoms with Crippen LogP contribution in [0.25, 0.3) is 0 Å². The molecule has 0 bridgehead atoms. The van der Waals surface area contributed by atoms with E-state index < -0.39 is 0 Å². The van der Waals surface area contributed by atoms with Gasteiger partial charge in [-0.3, -0.25) is 0 Å². The first kappa shape index (κ1) is 9.81. The maximum atomic E-state index is 9.49. The summed E-state index contributed by atoms with van der Waals surface area (Å²) >= 11 is 0. The lowest BCUT2D eigenvalue weighted by atomic mass is 10.1. The molecule has 0 aliphatic carbocycles. The Morgan fingerprint density at radius 3 is 2.38 bits per heavy atom. The predicted octanol–water partition coefficient (Wildman–Crippen LogP) is 2.05. The maximum Gasteiger partial charge on any atom is 0.0978 e. The number of rotatable bonds is 3. The molecule has 1 rings (SSSR count). The van der Waals surface area contributed by atoms with Crippen molar-refractivity contribution in [1.82, 2.24) is 0 Å². The SMILES string of the molecule is C/C(CO)=C(/O)Cc1ccccc1. The van der Waals surface area contributed by atoms with Crippen molar-refractivity contribution >= 4 is 0 Å². The third kappa shape index (κ3) is 2.92. The third-order valence-corrected chi connectivity index (χ3v) is 1.94. The minimum atomic E-state index is -0.0847. The molecule has 0 aromatic heterocycles. The van der Waals surface area contributed by atoms with Crippen molar-refractivity contribution in [2.24, 2.45) is 0 Å². The van der Waals surface area contributed by atoms with E-state index >= 15 is 0 Å². The summed E-state index contributed by atoms with van der Waals surface area (Å²) in [5, 5.41) is 18.3. The number of aliphatic hydroxyl groups excluding tert-OH is 2. The molecular formula is C11H14O2. The zero-order valence-corrected chi connectivity index (χ0v) is 7.70. The summed E-state index contributed by atoms with van der Waals surface area (Å²) in [6, 6.07) is 9.68. The lowest BCUT2D eigenvalue weighted by Gasteiger charge is -2.03. The molecule has 0 atom stereocenters. The molecule has 0 radical (unpaired) electrons. The van der Waals surface area contributed by atoms with Crippen LogP contribution < -0.4 is 0 Å². The summed E-state index contributed by atoms with van der Waals surface area (Å²) in [5.41, 5.74) is 1.68. The van der Waals surface area contributed by atoms with Gasteiger partial charge in [-0.15, -0.1) is 0 Å². The van der Waals surface area contributed by atoms with Crippen molar-refractivity contribution < 1.29 is 10.2 Å². The Balaban J connectivity index is 2.70. The normalized spacial score (nSPS) is 12.5. The molecule has 0 saturated carbocycles. The zero-order valence-electron chi connectivity index (χ0n) is 7.70. The van der Waals surface area contributed by atoms with Crippen LogP contribution in [0.1, 0.15) is 12.5 Å². The van der Waals surface area contributed by atoms with E-state index in [-0.39, 0.29) is 12.4 Å².